The predicted octanol–water partition coefficient (Wildman–Crippen LogP) is 1.56. The van der Waals surface area contributed by atoms with E-state index in [0.717, 1.165) is 30.8 Å². The molecular weight excluding hydrogens is 206 g/mol. The van der Waals surface area contributed by atoms with E-state index >= 15 is 0 Å². The minimum atomic E-state index is -0.692. The molecule has 0 aromatic carbocycles. The van der Waals surface area contributed by atoms with Crippen LogP contribution in [0.1, 0.15) is 19.8 Å². The molecule has 1 saturated carbocycles. The zero-order chi connectivity index (χ0) is 10.8. The third-order valence-corrected chi connectivity index (χ3v) is 5.12. The fourth-order valence-electron chi connectivity index (χ4n) is 2.72. The lowest BCUT2D eigenvalue weighted by atomic mass is 9.94. The Kier molecular flexibility index (Phi) is 3.62. The quantitative estimate of drug-likeness (QED) is 0.722. The normalized spacial score (nSPS) is 37.1. The lowest BCUT2D eigenvalue weighted by Gasteiger charge is -2.19. The smallest absolute Gasteiger partial charge is 0.0441 e. The van der Waals surface area contributed by atoms with Crippen LogP contribution in [-0.2, 0) is 10.8 Å². The standard InChI is InChI=1S/C12H21NOS/c1-9(15(2)14)7-13-8-12-6-10-3-4-11(12)5-10/h3-4,9-13H,5-8H2,1-2H3. The maximum Gasteiger partial charge on any atom is 0.0441 e. The molecular formula is C12H21NOS. The van der Waals surface area contributed by atoms with Crippen molar-refractivity contribution in [3.63, 3.8) is 0 Å². The first-order valence-corrected chi connectivity index (χ1v) is 7.50. The molecule has 2 aliphatic carbocycles. The van der Waals surface area contributed by atoms with Gasteiger partial charge in [-0.05, 0) is 44.1 Å². The summed E-state index contributed by atoms with van der Waals surface area (Å²) in [6.07, 6.45) is 9.29. The van der Waals surface area contributed by atoms with E-state index in [1.54, 1.807) is 6.26 Å². The van der Waals surface area contributed by atoms with Crippen LogP contribution in [0.4, 0.5) is 0 Å². The Labute approximate surface area is 95.0 Å². The minimum Gasteiger partial charge on any atom is -0.315 e. The SMILES string of the molecule is CC(CNCC1CC2C=CC1C2)S(C)=O. The molecule has 0 aromatic heterocycles. The molecule has 1 N–H and O–H groups in total. The average Bonchev–Trinajstić information content (AvgIpc) is 2.78. The third-order valence-electron chi connectivity index (χ3n) is 3.82. The van der Waals surface area contributed by atoms with E-state index in [0.29, 0.717) is 0 Å². The number of rotatable bonds is 5. The molecule has 5 atom stereocenters. The number of hydrogen-bond acceptors (Lipinski definition) is 2. The average molecular weight is 227 g/mol. The van der Waals surface area contributed by atoms with E-state index < -0.39 is 10.8 Å². The van der Waals surface area contributed by atoms with Gasteiger partial charge in [0.2, 0.25) is 0 Å². The summed E-state index contributed by atoms with van der Waals surface area (Å²) in [5.74, 6) is 2.52. The Morgan fingerprint density at radius 1 is 1.47 bits per heavy atom. The minimum absolute atomic E-state index is 0.277. The van der Waals surface area contributed by atoms with E-state index in [2.05, 4.69) is 17.5 Å². The summed E-state index contributed by atoms with van der Waals surface area (Å²) in [6, 6.07) is 0. The third kappa shape index (κ3) is 2.70. The lowest BCUT2D eigenvalue weighted by molar-refractivity contribution is 0.416. The first kappa shape index (κ1) is 11.3. The Morgan fingerprint density at radius 2 is 2.27 bits per heavy atom. The first-order valence-electron chi connectivity index (χ1n) is 5.88. The molecule has 3 heteroatoms. The van der Waals surface area contributed by atoms with Crippen molar-refractivity contribution < 1.29 is 4.21 Å². The predicted molar refractivity (Wildman–Crippen MR) is 65.2 cm³/mol. The first-order chi connectivity index (χ1) is 7.16. The molecule has 2 rings (SSSR count). The molecule has 0 saturated heterocycles. The molecule has 86 valence electrons. The van der Waals surface area contributed by atoms with Crippen molar-refractivity contribution in [1.82, 2.24) is 5.32 Å². The molecule has 5 unspecified atom stereocenters. The van der Waals surface area contributed by atoms with Crippen LogP contribution in [0.15, 0.2) is 12.2 Å². The van der Waals surface area contributed by atoms with Gasteiger partial charge in [0.1, 0.15) is 0 Å². The summed E-state index contributed by atoms with van der Waals surface area (Å²) >= 11 is 0. The van der Waals surface area contributed by atoms with Crippen molar-refractivity contribution in [3.05, 3.63) is 12.2 Å². The van der Waals surface area contributed by atoms with Crippen LogP contribution in [0.25, 0.3) is 0 Å². The van der Waals surface area contributed by atoms with Crippen LogP contribution in [-0.4, -0.2) is 28.8 Å². The fourth-order valence-corrected chi connectivity index (χ4v) is 3.07. The van der Waals surface area contributed by atoms with Gasteiger partial charge in [0.25, 0.3) is 0 Å². The van der Waals surface area contributed by atoms with Crippen molar-refractivity contribution in [3.8, 4) is 0 Å². The number of hydrogen-bond donors (Lipinski definition) is 1. The second-order valence-electron chi connectivity index (χ2n) is 5.01. The number of allylic oxidation sites excluding steroid dienone is 2. The largest absolute Gasteiger partial charge is 0.315 e. The summed E-state index contributed by atoms with van der Waals surface area (Å²) in [4.78, 5) is 0. The van der Waals surface area contributed by atoms with E-state index in [1.807, 2.05) is 6.92 Å². The van der Waals surface area contributed by atoms with E-state index in [-0.39, 0.29) is 5.25 Å². The summed E-state index contributed by atoms with van der Waals surface area (Å²) in [6.45, 7) is 4.04. The molecule has 1 fully saturated rings. The van der Waals surface area contributed by atoms with Crippen molar-refractivity contribution in [2.75, 3.05) is 19.3 Å². The Balaban J connectivity index is 1.67. The number of fused-ring (bicyclic) bond motifs is 2. The van der Waals surface area contributed by atoms with Crippen molar-refractivity contribution in [2.45, 2.75) is 25.0 Å². The Morgan fingerprint density at radius 3 is 2.80 bits per heavy atom. The fraction of sp³-hybridized carbons (Fsp3) is 0.833. The molecule has 2 bridgehead atoms. The van der Waals surface area contributed by atoms with Gasteiger partial charge < -0.3 is 5.32 Å². The second kappa shape index (κ2) is 4.79. The zero-order valence-corrected chi connectivity index (χ0v) is 10.4. The van der Waals surface area contributed by atoms with Crippen molar-refractivity contribution in [2.24, 2.45) is 17.8 Å². The van der Waals surface area contributed by atoms with Crippen LogP contribution in [0.5, 0.6) is 0 Å². The van der Waals surface area contributed by atoms with Gasteiger partial charge in [-0.3, -0.25) is 4.21 Å². The molecule has 0 amide bonds. The van der Waals surface area contributed by atoms with Crippen molar-refractivity contribution in [1.29, 1.82) is 0 Å². The van der Waals surface area contributed by atoms with Gasteiger partial charge >= 0.3 is 0 Å². The maximum absolute atomic E-state index is 11.2. The molecule has 0 radical (unpaired) electrons. The molecule has 0 spiro atoms. The molecule has 2 nitrogen and oxygen atoms in total. The van der Waals surface area contributed by atoms with Crippen LogP contribution >= 0.6 is 0 Å². The van der Waals surface area contributed by atoms with Crippen LogP contribution in [0.2, 0.25) is 0 Å². The van der Waals surface area contributed by atoms with Gasteiger partial charge in [-0.25, -0.2) is 0 Å². The van der Waals surface area contributed by atoms with E-state index in [1.165, 1.54) is 12.8 Å². The molecule has 0 heterocycles. The van der Waals surface area contributed by atoms with Crippen LogP contribution < -0.4 is 5.32 Å². The highest BCUT2D eigenvalue weighted by molar-refractivity contribution is 7.84. The highest BCUT2D eigenvalue weighted by Gasteiger charge is 2.34. The van der Waals surface area contributed by atoms with Gasteiger partial charge in [-0.15, -0.1) is 0 Å². The van der Waals surface area contributed by atoms with Crippen LogP contribution in [0.3, 0.4) is 0 Å². The van der Waals surface area contributed by atoms with E-state index in [4.69, 9.17) is 0 Å². The molecule has 0 aliphatic heterocycles. The maximum atomic E-state index is 11.2. The summed E-state index contributed by atoms with van der Waals surface area (Å²) in [7, 11) is -0.692. The Bertz CT molecular complexity index is 277. The summed E-state index contributed by atoms with van der Waals surface area (Å²) in [5, 5.41) is 3.74. The van der Waals surface area contributed by atoms with Gasteiger partial charge in [0.05, 0.1) is 0 Å². The topological polar surface area (TPSA) is 29.1 Å². The number of nitrogens with one attached hydrogen (secondary N) is 1. The lowest BCUT2D eigenvalue weighted by Crippen LogP contribution is -2.32. The van der Waals surface area contributed by atoms with Gasteiger partial charge in [-0.1, -0.05) is 12.2 Å². The highest BCUT2D eigenvalue weighted by atomic mass is 32.2. The monoisotopic (exact) mass is 227 g/mol. The zero-order valence-electron chi connectivity index (χ0n) is 9.61. The van der Waals surface area contributed by atoms with Crippen LogP contribution in [0, 0.1) is 17.8 Å². The Hall–Kier alpha value is -0.150. The second-order valence-corrected chi connectivity index (χ2v) is 6.81. The van der Waals surface area contributed by atoms with Crippen molar-refractivity contribution >= 4 is 10.8 Å². The van der Waals surface area contributed by atoms with Gasteiger partial charge in [0, 0.05) is 28.9 Å². The molecule has 15 heavy (non-hydrogen) atoms. The van der Waals surface area contributed by atoms with E-state index in [9.17, 15) is 4.21 Å². The summed E-state index contributed by atoms with van der Waals surface area (Å²) in [5.41, 5.74) is 0. The molecule has 0 aromatic rings. The highest BCUT2D eigenvalue weighted by Crippen LogP contribution is 2.42. The summed E-state index contributed by atoms with van der Waals surface area (Å²) < 4.78 is 11.2. The van der Waals surface area contributed by atoms with Gasteiger partial charge in [0.15, 0.2) is 0 Å². The molecule has 2 aliphatic rings. The van der Waals surface area contributed by atoms with Gasteiger partial charge in [-0.2, -0.15) is 0 Å².